The molecule has 1 aliphatic carbocycles. The molecule has 0 radical (unpaired) electrons. The van der Waals surface area contributed by atoms with Crippen molar-refractivity contribution in [2.45, 2.75) is 50.7 Å². The van der Waals surface area contributed by atoms with E-state index in [2.05, 4.69) is 15.6 Å². The van der Waals surface area contributed by atoms with Gasteiger partial charge >= 0.3 is 0 Å². The molecule has 1 aliphatic heterocycles. The maximum atomic E-state index is 5.57. The summed E-state index contributed by atoms with van der Waals surface area (Å²) >= 11 is 0. The Hall–Kier alpha value is -0.770. The van der Waals surface area contributed by atoms with E-state index in [9.17, 15) is 0 Å². The SMILES string of the molecule is CN=C(NCC1CCCO1)NC1CCCC1. The summed E-state index contributed by atoms with van der Waals surface area (Å²) in [6.45, 7) is 1.80. The van der Waals surface area contributed by atoms with Crippen LogP contribution in [0.1, 0.15) is 38.5 Å². The van der Waals surface area contributed by atoms with Gasteiger partial charge < -0.3 is 15.4 Å². The zero-order valence-corrected chi connectivity index (χ0v) is 10.2. The molecule has 0 amide bonds. The predicted molar refractivity (Wildman–Crippen MR) is 65.7 cm³/mol. The highest BCUT2D eigenvalue weighted by Gasteiger charge is 2.18. The van der Waals surface area contributed by atoms with Crippen molar-refractivity contribution in [3.8, 4) is 0 Å². The van der Waals surface area contributed by atoms with Crippen molar-refractivity contribution in [3.05, 3.63) is 0 Å². The van der Waals surface area contributed by atoms with Crippen LogP contribution in [0.4, 0.5) is 0 Å². The highest BCUT2D eigenvalue weighted by molar-refractivity contribution is 5.80. The second-order valence-corrected chi connectivity index (χ2v) is 4.71. The lowest BCUT2D eigenvalue weighted by atomic mass is 10.2. The predicted octanol–water partition coefficient (Wildman–Crippen LogP) is 1.27. The van der Waals surface area contributed by atoms with E-state index in [1.54, 1.807) is 0 Å². The minimum atomic E-state index is 0.377. The summed E-state index contributed by atoms with van der Waals surface area (Å²) in [5, 5.41) is 6.83. The van der Waals surface area contributed by atoms with Gasteiger partial charge in [0.1, 0.15) is 0 Å². The smallest absolute Gasteiger partial charge is 0.191 e. The molecule has 1 saturated carbocycles. The summed E-state index contributed by atoms with van der Waals surface area (Å²) in [7, 11) is 1.83. The van der Waals surface area contributed by atoms with Gasteiger partial charge in [-0.15, -0.1) is 0 Å². The molecule has 2 rings (SSSR count). The lowest BCUT2D eigenvalue weighted by Crippen LogP contribution is -2.44. The summed E-state index contributed by atoms with van der Waals surface area (Å²) in [4.78, 5) is 4.25. The third-order valence-electron chi connectivity index (χ3n) is 3.44. The van der Waals surface area contributed by atoms with Crippen molar-refractivity contribution in [1.29, 1.82) is 0 Å². The van der Waals surface area contributed by atoms with Gasteiger partial charge in [0.25, 0.3) is 0 Å². The number of ether oxygens (including phenoxy) is 1. The van der Waals surface area contributed by atoms with Gasteiger partial charge in [0.05, 0.1) is 6.10 Å². The Morgan fingerprint density at radius 1 is 1.25 bits per heavy atom. The number of hydrogen-bond donors (Lipinski definition) is 2. The fraction of sp³-hybridized carbons (Fsp3) is 0.917. The van der Waals surface area contributed by atoms with E-state index in [1.165, 1.54) is 38.5 Å². The third kappa shape index (κ3) is 3.37. The molecule has 0 spiro atoms. The molecule has 1 atom stereocenters. The molecule has 0 aromatic carbocycles. The van der Waals surface area contributed by atoms with Crippen LogP contribution in [0.3, 0.4) is 0 Å². The molecule has 2 N–H and O–H groups in total. The van der Waals surface area contributed by atoms with Crippen molar-refractivity contribution < 1.29 is 4.74 Å². The van der Waals surface area contributed by atoms with Crippen molar-refractivity contribution in [2.24, 2.45) is 4.99 Å². The van der Waals surface area contributed by atoms with E-state index in [1.807, 2.05) is 7.05 Å². The van der Waals surface area contributed by atoms with E-state index in [4.69, 9.17) is 4.74 Å². The lowest BCUT2D eigenvalue weighted by molar-refractivity contribution is 0.113. The Morgan fingerprint density at radius 2 is 2.06 bits per heavy atom. The number of guanidine groups is 1. The highest BCUT2D eigenvalue weighted by Crippen LogP contribution is 2.17. The van der Waals surface area contributed by atoms with E-state index in [0.717, 1.165) is 19.1 Å². The fourth-order valence-corrected chi connectivity index (χ4v) is 2.47. The number of hydrogen-bond acceptors (Lipinski definition) is 2. The zero-order chi connectivity index (χ0) is 11.2. The van der Waals surface area contributed by atoms with Gasteiger partial charge in [-0.05, 0) is 25.7 Å². The first-order chi connectivity index (χ1) is 7.88. The molecule has 4 nitrogen and oxygen atoms in total. The summed E-state index contributed by atoms with van der Waals surface area (Å²) in [6.07, 6.45) is 8.00. The van der Waals surface area contributed by atoms with Crippen LogP contribution in [-0.2, 0) is 4.74 Å². The summed E-state index contributed by atoms with van der Waals surface area (Å²) in [5.74, 6) is 0.933. The van der Waals surface area contributed by atoms with Crippen LogP contribution in [0, 0.1) is 0 Å². The lowest BCUT2D eigenvalue weighted by Gasteiger charge is -2.18. The van der Waals surface area contributed by atoms with Crippen molar-refractivity contribution >= 4 is 5.96 Å². The van der Waals surface area contributed by atoms with E-state index < -0.39 is 0 Å². The van der Waals surface area contributed by atoms with E-state index in [0.29, 0.717) is 12.1 Å². The van der Waals surface area contributed by atoms with E-state index in [-0.39, 0.29) is 0 Å². The second-order valence-electron chi connectivity index (χ2n) is 4.71. The maximum absolute atomic E-state index is 5.57. The fourth-order valence-electron chi connectivity index (χ4n) is 2.47. The normalized spacial score (nSPS) is 27.3. The average molecular weight is 225 g/mol. The summed E-state index contributed by atoms with van der Waals surface area (Å²) in [6, 6.07) is 0.621. The van der Waals surface area contributed by atoms with Crippen molar-refractivity contribution in [1.82, 2.24) is 10.6 Å². The highest BCUT2D eigenvalue weighted by atomic mass is 16.5. The maximum Gasteiger partial charge on any atom is 0.191 e. The Morgan fingerprint density at radius 3 is 2.69 bits per heavy atom. The average Bonchev–Trinajstić information content (AvgIpc) is 2.97. The third-order valence-corrected chi connectivity index (χ3v) is 3.44. The molecule has 0 aromatic rings. The molecule has 92 valence electrons. The monoisotopic (exact) mass is 225 g/mol. The van der Waals surface area contributed by atoms with Gasteiger partial charge in [-0.2, -0.15) is 0 Å². The summed E-state index contributed by atoms with van der Waals surface area (Å²) in [5.41, 5.74) is 0. The first kappa shape index (κ1) is 11.7. The standard InChI is InChI=1S/C12H23N3O/c1-13-12(15-10-5-2-3-6-10)14-9-11-7-4-8-16-11/h10-11H,2-9H2,1H3,(H2,13,14,15). The molecule has 4 heteroatoms. The molecule has 2 aliphatic rings. The number of rotatable bonds is 3. The van der Waals surface area contributed by atoms with Gasteiger partial charge in [0.15, 0.2) is 5.96 Å². The largest absolute Gasteiger partial charge is 0.376 e. The molecule has 0 bridgehead atoms. The first-order valence-corrected chi connectivity index (χ1v) is 6.47. The van der Waals surface area contributed by atoms with Gasteiger partial charge in [0, 0.05) is 26.2 Å². The molecule has 1 unspecified atom stereocenters. The van der Waals surface area contributed by atoms with Crippen LogP contribution in [0.25, 0.3) is 0 Å². The number of aliphatic imine (C=N–C) groups is 1. The minimum Gasteiger partial charge on any atom is -0.376 e. The van der Waals surface area contributed by atoms with Gasteiger partial charge in [-0.1, -0.05) is 12.8 Å². The van der Waals surface area contributed by atoms with Gasteiger partial charge in [-0.3, -0.25) is 4.99 Å². The topological polar surface area (TPSA) is 45.7 Å². The number of nitrogens with one attached hydrogen (secondary N) is 2. The Bertz CT molecular complexity index is 230. The van der Waals surface area contributed by atoms with Crippen LogP contribution in [0.15, 0.2) is 4.99 Å². The van der Waals surface area contributed by atoms with Crippen LogP contribution in [-0.4, -0.2) is 38.3 Å². The van der Waals surface area contributed by atoms with Gasteiger partial charge in [0.2, 0.25) is 0 Å². The Balaban J connectivity index is 1.68. The Labute approximate surface area is 97.9 Å². The van der Waals surface area contributed by atoms with Crippen LogP contribution in [0.5, 0.6) is 0 Å². The summed E-state index contributed by atoms with van der Waals surface area (Å²) < 4.78 is 5.57. The number of nitrogens with zero attached hydrogens (tertiary/aromatic N) is 1. The molecule has 2 fully saturated rings. The minimum absolute atomic E-state index is 0.377. The Kier molecular flexibility index (Phi) is 4.45. The second kappa shape index (κ2) is 6.09. The van der Waals surface area contributed by atoms with Crippen molar-refractivity contribution in [2.75, 3.05) is 20.2 Å². The zero-order valence-electron chi connectivity index (χ0n) is 10.2. The molecular formula is C12H23N3O. The van der Waals surface area contributed by atoms with Crippen LogP contribution < -0.4 is 10.6 Å². The first-order valence-electron chi connectivity index (χ1n) is 6.47. The quantitative estimate of drug-likeness (QED) is 0.562. The molecule has 1 heterocycles. The molecular weight excluding hydrogens is 202 g/mol. The molecule has 0 aromatic heterocycles. The molecule has 1 saturated heterocycles. The van der Waals surface area contributed by atoms with Crippen LogP contribution in [0.2, 0.25) is 0 Å². The van der Waals surface area contributed by atoms with Gasteiger partial charge in [-0.25, -0.2) is 0 Å². The van der Waals surface area contributed by atoms with E-state index >= 15 is 0 Å². The van der Waals surface area contributed by atoms with Crippen molar-refractivity contribution in [3.63, 3.8) is 0 Å². The molecule has 16 heavy (non-hydrogen) atoms. The van der Waals surface area contributed by atoms with Crippen LogP contribution >= 0.6 is 0 Å².